The van der Waals surface area contributed by atoms with Crippen LogP contribution in [0.3, 0.4) is 0 Å². The zero-order valence-corrected chi connectivity index (χ0v) is 12.8. The van der Waals surface area contributed by atoms with Crippen LogP contribution in [0.1, 0.15) is 12.5 Å². The van der Waals surface area contributed by atoms with E-state index in [9.17, 15) is 4.39 Å². The smallest absolute Gasteiger partial charge is 0.127 e. The largest absolute Gasteiger partial charge is 0.328 e. The molecule has 2 aromatic rings. The molecule has 19 heavy (non-hydrogen) atoms. The van der Waals surface area contributed by atoms with Gasteiger partial charge in [0.25, 0.3) is 0 Å². The van der Waals surface area contributed by atoms with Crippen molar-refractivity contribution in [2.75, 3.05) is 0 Å². The first-order valence-electron chi connectivity index (χ1n) is 5.88. The number of hydrogen-bond donors (Lipinski definition) is 1. The van der Waals surface area contributed by atoms with Crippen LogP contribution >= 0.6 is 27.7 Å². The molecule has 1 heterocycles. The van der Waals surface area contributed by atoms with Crippen LogP contribution in [0.2, 0.25) is 0 Å². The molecular weight excluding hydrogens is 327 g/mol. The van der Waals surface area contributed by atoms with E-state index in [0.29, 0.717) is 12.0 Å². The number of pyridine rings is 1. The quantitative estimate of drug-likeness (QED) is 0.913. The van der Waals surface area contributed by atoms with E-state index in [1.54, 1.807) is 12.3 Å². The van der Waals surface area contributed by atoms with Crippen molar-refractivity contribution in [3.63, 3.8) is 0 Å². The van der Waals surface area contributed by atoms with Crippen molar-refractivity contribution in [1.29, 1.82) is 0 Å². The van der Waals surface area contributed by atoms with Crippen LogP contribution in [0.5, 0.6) is 0 Å². The summed E-state index contributed by atoms with van der Waals surface area (Å²) < 4.78 is 14.8. The highest BCUT2D eigenvalue weighted by molar-refractivity contribution is 9.10. The van der Waals surface area contributed by atoms with Gasteiger partial charge in [-0.05, 0) is 53.5 Å². The molecular formula is C14H14BrFN2S. The molecule has 0 saturated heterocycles. The second-order valence-corrected chi connectivity index (χ2v) is 6.29. The molecule has 0 saturated carbocycles. The highest BCUT2D eigenvalue weighted by Gasteiger charge is 2.12. The Morgan fingerprint density at radius 1 is 1.37 bits per heavy atom. The number of halogens is 2. The first kappa shape index (κ1) is 14.5. The molecule has 0 aliphatic rings. The van der Waals surface area contributed by atoms with E-state index in [0.717, 1.165) is 14.4 Å². The van der Waals surface area contributed by atoms with Crippen molar-refractivity contribution in [3.05, 3.63) is 52.4 Å². The fraction of sp³-hybridized carbons (Fsp3) is 0.214. The lowest BCUT2D eigenvalue weighted by Crippen LogP contribution is -2.19. The van der Waals surface area contributed by atoms with Gasteiger partial charge in [-0.15, -0.1) is 0 Å². The Bertz CT molecular complexity index is 558. The highest BCUT2D eigenvalue weighted by atomic mass is 79.9. The standard InChI is InChI=1S/C14H14BrFN2S/c1-9(17)7-11-12(16)3-2-4-13(11)19-14-6-5-10(15)8-18-14/h2-6,8-9H,7,17H2,1H3. The van der Waals surface area contributed by atoms with Crippen molar-refractivity contribution in [2.24, 2.45) is 5.73 Å². The van der Waals surface area contributed by atoms with Crippen LogP contribution in [-0.4, -0.2) is 11.0 Å². The Kier molecular flexibility index (Phi) is 4.96. The number of rotatable bonds is 4. The van der Waals surface area contributed by atoms with Gasteiger partial charge in [0.2, 0.25) is 0 Å². The van der Waals surface area contributed by atoms with Crippen LogP contribution in [0.15, 0.2) is 50.9 Å². The average molecular weight is 341 g/mol. The summed E-state index contributed by atoms with van der Waals surface area (Å²) in [4.78, 5) is 5.15. The number of aromatic nitrogens is 1. The SMILES string of the molecule is CC(N)Cc1c(F)cccc1Sc1ccc(Br)cn1. The molecule has 5 heteroatoms. The lowest BCUT2D eigenvalue weighted by Gasteiger charge is -2.12. The molecule has 2 N–H and O–H groups in total. The average Bonchev–Trinajstić information content (AvgIpc) is 2.36. The van der Waals surface area contributed by atoms with Crippen molar-refractivity contribution in [1.82, 2.24) is 4.98 Å². The van der Waals surface area contributed by atoms with Gasteiger partial charge in [0.05, 0.1) is 0 Å². The van der Waals surface area contributed by atoms with E-state index < -0.39 is 0 Å². The maximum Gasteiger partial charge on any atom is 0.127 e. The third-order valence-corrected chi connectivity index (χ3v) is 4.04. The predicted octanol–water partition coefficient (Wildman–Crippen LogP) is 4.02. The molecule has 0 radical (unpaired) electrons. The zero-order valence-electron chi connectivity index (χ0n) is 10.4. The molecule has 0 bridgehead atoms. The summed E-state index contributed by atoms with van der Waals surface area (Å²) in [7, 11) is 0. The van der Waals surface area contributed by atoms with Gasteiger partial charge in [0.1, 0.15) is 10.8 Å². The molecule has 2 nitrogen and oxygen atoms in total. The summed E-state index contributed by atoms with van der Waals surface area (Å²) in [5.41, 5.74) is 6.44. The van der Waals surface area contributed by atoms with E-state index in [1.807, 2.05) is 25.1 Å². The summed E-state index contributed by atoms with van der Waals surface area (Å²) in [6, 6.07) is 8.82. The molecule has 0 fully saturated rings. The molecule has 1 atom stereocenters. The third-order valence-electron chi connectivity index (χ3n) is 2.52. The summed E-state index contributed by atoms with van der Waals surface area (Å²) in [5.74, 6) is -0.209. The minimum atomic E-state index is -0.209. The minimum absolute atomic E-state index is 0.0749. The lowest BCUT2D eigenvalue weighted by atomic mass is 10.1. The maximum atomic E-state index is 13.9. The van der Waals surface area contributed by atoms with Gasteiger partial charge >= 0.3 is 0 Å². The van der Waals surface area contributed by atoms with E-state index in [4.69, 9.17) is 5.73 Å². The van der Waals surface area contributed by atoms with Crippen LogP contribution in [-0.2, 0) is 6.42 Å². The van der Waals surface area contributed by atoms with Gasteiger partial charge < -0.3 is 5.73 Å². The second-order valence-electron chi connectivity index (χ2n) is 4.31. The Morgan fingerprint density at radius 3 is 2.79 bits per heavy atom. The second kappa shape index (κ2) is 6.50. The molecule has 0 spiro atoms. The zero-order chi connectivity index (χ0) is 13.8. The van der Waals surface area contributed by atoms with E-state index >= 15 is 0 Å². The predicted molar refractivity (Wildman–Crippen MR) is 79.8 cm³/mol. The number of benzene rings is 1. The highest BCUT2D eigenvalue weighted by Crippen LogP contribution is 2.31. The first-order valence-corrected chi connectivity index (χ1v) is 7.49. The number of hydrogen-bond acceptors (Lipinski definition) is 3. The van der Waals surface area contributed by atoms with Crippen molar-refractivity contribution < 1.29 is 4.39 Å². The first-order chi connectivity index (χ1) is 9.06. The van der Waals surface area contributed by atoms with E-state index in [2.05, 4.69) is 20.9 Å². The van der Waals surface area contributed by atoms with Gasteiger partial charge in [-0.2, -0.15) is 0 Å². The van der Waals surface area contributed by atoms with E-state index in [1.165, 1.54) is 17.8 Å². The molecule has 0 aliphatic heterocycles. The molecule has 0 aliphatic carbocycles. The minimum Gasteiger partial charge on any atom is -0.328 e. The third kappa shape index (κ3) is 4.03. The fourth-order valence-corrected chi connectivity index (χ4v) is 2.84. The monoisotopic (exact) mass is 340 g/mol. The topological polar surface area (TPSA) is 38.9 Å². The Labute approximate surface area is 124 Å². The van der Waals surface area contributed by atoms with E-state index in [-0.39, 0.29) is 11.9 Å². The summed E-state index contributed by atoms with van der Waals surface area (Å²) in [5, 5.41) is 0.833. The lowest BCUT2D eigenvalue weighted by molar-refractivity contribution is 0.588. The number of nitrogens with two attached hydrogens (primary N) is 1. The number of nitrogens with zero attached hydrogens (tertiary/aromatic N) is 1. The normalized spacial score (nSPS) is 12.4. The summed E-state index contributed by atoms with van der Waals surface area (Å²) in [6.45, 7) is 1.87. The van der Waals surface area contributed by atoms with Gasteiger partial charge in [0, 0.05) is 27.2 Å². The van der Waals surface area contributed by atoms with Crippen LogP contribution in [0.25, 0.3) is 0 Å². The Balaban J connectivity index is 2.29. The van der Waals surface area contributed by atoms with Crippen molar-refractivity contribution in [2.45, 2.75) is 29.3 Å². The Morgan fingerprint density at radius 2 is 2.16 bits per heavy atom. The van der Waals surface area contributed by atoms with Crippen LogP contribution in [0.4, 0.5) is 4.39 Å². The van der Waals surface area contributed by atoms with Crippen LogP contribution < -0.4 is 5.73 Å². The van der Waals surface area contributed by atoms with Crippen molar-refractivity contribution >= 4 is 27.7 Å². The van der Waals surface area contributed by atoms with Gasteiger partial charge in [-0.3, -0.25) is 0 Å². The maximum absolute atomic E-state index is 13.9. The molecule has 2 rings (SSSR count). The van der Waals surface area contributed by atoms with Crippen LogP contribution in [0, 0.1) is 5.82 Å². The molecule has 1 unspecified atom stereocenters. The van der Waals surface area contributed by atoms with Gasteiger partial charge in [-0.25, -0.2) is 9.37 Å². The van der Waals surface area contributed by atoms with Crippen molar-refractivity contribution in [3.8, 4) is 0 Å². The molecule has 0 amide bonds. The molecule has 1 aromatic heterocycles. The summed E-state index contributed by atoms with van der Waals surface area (Å²) >= 11 is 4.79. The van der Waals surface area contributed by atoms with Gasteiger partial charge in [-0.1, -0.05) is 17.8 Å². The van der Waals surface area contributed by atoms with Gasteiger partial charge in [0.15, 0.2) is 0 Å². The fourth-order valence-electron chi connectivity index (χ4n) is 1.69. The molecule has 100 valence electrons. The molecule has 1 aromatic carbocycles. The Hall–Kier alpha value is -0.910. The summed E-state index contributed by atoms with van der Waals surface area (Å²) in [6.07, 6.45) is 2.25.